The molecule has 0 unspecified atom stereocenters. The number of nitrogens with one attached hydrogen (secondary N) is 1. The van der Waals surface area contributed by atoms with Crippen LogP contribution in [0.25, 0.3) is 11.1 Å². The molecule has 2 rings (SSSR count). The Balaban J connectivity index is 2.47. The standard InChI is InChI=1S/C14H12N2O2/c1-2-18-14(17)13-11(8-15)12(9-16-13)10-6-4-3-5-7-10/h3-7,9,16H,2H2,1H3. The molecular weight excluding hydrogens is 228 g/mol. The second-order valence-electron chi connectivity index (χ2n) is 3.65. The Hall–Kier alpha value is -2.54. The van der Waals surface area contributed by atoms with Crippen LogP contribution in [0.2, 0.25) is 0 Å². The number of hydrogen-bond acceptors (Lipinski definition) is 3. The van der Waals surface area contributed by atoms with Crippen LogP contribution in [0, 0.1) is 11.3 Å². The van der Waals surface area contributed by atoms with Crippen molar-refractivity contribution in [2.24, 2.45) is 0 Å². The van der Waals surface area contributed by atoms with Gasteiger partial charge in [0.15, 0.2) is 0 Å². The summed E-state index contributed by atoms with van der Waals surface area (Å²) in [6.07, 6.45) is 1.65. The van der Waals surface area contributed by atoms with Crippen molar-refractivity contribution < 1.29 is 9.53 Å². The molecule has 0 fully saturated rings. The fraction of sp³-hybridized carbons (Fsp3) is 0.143. The first kappa shape index (κ1) is 11.9. The number of nitriles is 1. The molecule has 0 aliphatic rings. The summed E-state index contributed by atoms with van der Waals surface area (Å²) in [6.45, 7) is 2.01. The minimum absolute atomic E-state index is 0.207. The molecule has 2 aromatic rings. The summed E-state index contributed by atoms with van der Waals surface area (Å²) in [5, 5.41) is 9.19. The van der Waals surface area contributed by atoms with E-state index in [4.69, 9.17) is 4.74 Å². The summed E-state index contributed by atoms with van der Waals surface area (Å²) in [5.74, 6) is -0.503. The summed E-state index contributed by atoms with van der Waals surface area (Å²) in [6, 6.07) is 11.5. The van der Waals surface area contributed by atoms with Gasteiger partial charge >= 0.3 is 5.97 Å². The van der Waals surface area contributed by atoms with Crippen molar-refractivity contribution in [3.8, 4) is 17.2 Å². The maximum Gasteiger partial charge on any atom is 0.356 e. The molecule has 1 N–H and O–H groups in total. The molecule has 0 saturated heterocycles. The molecule has 4 heteroatoms. The lowest BCUT2D eigenvalue weighted by molar-refractivity contribution is 0.0520. The van der Waals surface area contributed by atoms with E-state index >= 15 is 0 Å². The van der Waals surface area contributed by atoms with Gasteiger partial charge in [-0.3, -0.25) is 0 Å². The normalized spacial score (nSPS) is 9.78. The summed E-state index contributed by atoms with van der Waals surface area (Å²) in [5.41, 5.74) is 2.12. The smallest absolute Gasteiger partial charge is 0.356 e. The van der Waals surface area contributed by atoms with Gasteiger partial charge in [-0.05, 0) is 12.5 Å². The second-order valence-corrected chi connectivity index (χ2v) is 3.65. The van der Waals surface area contributed by atoms with Crippen LogP contribution in [0.5, 0.6) is 0 Å². The van der Waals surface area contributed by atoms with E-state index in [-0.39, 0.29) is 12.3 Å². The Kier molecular flexibility index (Phi) is 3.44. The van der Waals surface area contributed by atoms with Gasteiger partial charge in [0, 0.05) is 11.8 Å². The number of aromatic amines is 1. The molecule has 90 valence electrons. The molecule has 0 saturated carbocycles. The van der Waals surface area contributed by atoms with Crippen molar-refractivity contribution in [2.45, 2.75) is 6.92 Å². The second kappa shape index (κ2) is 5.19. The molecule has 0 aliphatic carbocycles. The van der Waals surface area contributed by atoms with Crippen LogP contribution in [0.4, 0.5) is 0 Å². The fourth-order valence-corrected chi connectivity index (χ4v) is 1.75. The van der Waals surface area contributed by atoms with Gasteiger partial charge in [-0.25, -0.2) is 4.79 Å². The summed E-state index contributed by atoms with van der Waals surface area (Å²) in [4.78, 5) is 14.5. The highest BCUT2D eigenvalue weighted by molar-refractivity contribution is 5.93. The summed E-state index contributed by atoms with van der Waals surface area (Å²) >= 11 is 0. The number of ether oxygens (including phenoxy) is 1. The van der Waals surface area contributed by atoms with E-state index in [1.54, 1.807) is 13.1 Å². The van der Waals surface area contributed by atoms with Crippen molar-refractivity contribution in [1.29, 1.82) is 5.26 Å². The first-order chi connectivity index (χ1) is 8.77. The lowest BCUT2D eigenvalue weighted by atomic mass is 10.0. The van der Waals surface area contributed by atoms with E-state index in [9.17, 15) is 10.1 Å². The summed E-state index contributed by atoms with van der Waals surface area (Å²) in [7, 11) is 0. The number of aromatic nitrogens is 1. The number of rotatable bonds is 3. The third kappa shape index (κ3) is 2.11. The van der Waals surface area contributed by atoms with Gasteiger partial charge in [0.1, 0.15) is 11.8 Å². The van der Waals surface area contributed by atoms with Crippen LogP contribution in [0.15, 0.2) is 36.5 Å². The highest BCUT2D eigenvalue weighted by Crippen LogP contribution is 2.25. The van der Waals surface area contributed by atoms with E-state index < -0.39 is 5.97 Å². The molecule has 1 aromatic heterocycles. The zero-order valence-corrected chi connectivity index (χ0v) is 9.93. The number of carbonyl (C=O) groups excluding carboxylic acids is 1. The third-order valence-electron chi connectivity index (χ3n) is 2.56. The van der Waals surface area contributed by atoms with E-state index in [0.29, 0.717) is 11.1 Å². The molecule has 0 spiro atoms. The average Bonchev–Trinajstić information content (AvgIpc) is 2.83. The molecule has 0 radical (unpaired) electrons. The monoisotopic (exact) mass is 240 g/mol. The van der Waals surface area contributed by atoms with E-state index in [1.165, 1.54) is 0 Å². The number of benzene rings is 1. The van der Waals surface area contributed by atoms with Gasteiger partial charge in [0.25, 0.3) is 0 Å². The summed E-state index contributed by atoms with van der Waals surface area (Å²) < 4.78 is 4.90. The Bertz CT molecular complexity index is 594. The average molecular weight is 240 g/mol. The fourth-order valence-electron chi connectivity index (χ4n) is 1.75. The van der Waals surface area contributed by atoms with Crippen LogP contribution in [-0.4, -0.2) is 17.6 Å². The van der Waals surface area contributed by atoms with Gasteiger partial charge in [-0.2, -0.15) is 5.26 Å². The SMILES string of the molecule is CCOC(=O)c1[nH]cc(-c2ccccc2)c1C#N. The van der Waals surface area contributed by atoms with Gasteiger partial charge in [-0.15, -0.1) is 0 Å². The van der Waals surface area contributed by atoms with Crippen LogP contribution in [-0.2, 0) is 4.74 Å². The number of nitrogens with zero attached hydrogens (tertiary/aromatic N) is 1. The number of hydrogen-bond donors (Lipinski definition) is 1. The highest BCUT2D eigenvalue weighted by atomic mass is 16.5. The topological polar surface area (TPSA) is 65.9 Å². The van der Waals surface area contributed by atoms with Gasteiger partial charge in [0.05, 0.1) is 12.2 Å². The first-order valence-electron chi connectivity index (χ1n) is 5.62. The minimum Gasteiger partial charge on any atom is -0.461 e. The zero-order chi connectivity index (χ0) is 13.0. The van der Waals surface area contributed by atoms with Crippen molar-refractivity contribution in [2.75, 3.05) is 6.61 Å². The van der Waals surface area contributed by atoms with E-state index in [0.717, 1.165) is 5.56 Å². The molecule has 0 bridgehead atoms. The predicted octanol–water partition coefficient (Wildman–Crippen LogP) is 2.73. The van der Waals surface area contributed by atoms with Crippen LogP contribution < -0.4 is 0 Å². The number of H-pyrrole nitrogens is 1. The number of esters is 1. The Morgan fingerprint density at radius 2 is 2.11 bits per heavy atom. The van der Waals surface area contributed by atoms with Crippen molar-refractivity contribution >= 4 is 5.97 Å². The van der Waals surface area contributed by atoms with Crippen molar-refractivity contribution in [3.63, 3.8) is 0 Å². The Labute approximate surface area is 105 Å². The Morgan fingerprint density at radius 1 is 1.39 bits per heavy atom. The molecule has 0 atom stereocenters. The molecule has 0 aliphatic heterocycles. The van der Waals surface area contributed by atoms with Crippen LogP contribution >= 0.6 is 0 Å². The lowest BCUT2D eigenvalue weighted by Gasteiger charge is -2.00. The van der Waals surface area contributed by atoms with Crippen LogP contribution in [0.3, 0.4) is 0 Å². The highest BCUT2D eigenvalue weighted by Gasteiger charge is 2.19. The molecular formula is C14H12N2O2. The maximum absolute atomic E-state index is 11.7. The van der Waals surface area contributed by atoms with Crippen molar-refractivity contribution in [3.05, 3.63) is 47.8 Å². The first-order valence-corrected chi connectivity index (χ1v) is 5.62. The molecule has 0 amide bonds. The predicted molar refractivity (Wildman–Crippen MR) is 66.9 cm³/mol. The van der Waals surface area contributed by atoms with Gasteiger partial charge in [0.2, 0.25) is 0 Å². The van der Waals surface area contributed by atoms with Gasteiger partial charge < -0.3 is 9.72 Å². The van der Waals surface area contributed by atoms with Crippen molar-refractivity contribution in [1.82, 2.24) is 4.98 Å². The largest absolute Gasteiger partial charge is 0.461 e. The molecule has 18 heavy (non-hydrogen) atoms. The van der Waals surface area contributed by atoms with Crippen LogP contribution in [0.1, 0.15) is 23.0 Å². The third-order valence-corrected chi connectivity index (χ3v) is 2.56. The van der Waals surface area contributed by atoms with E-state index in [1.807, 2.05) is 36.4 Å². The Morgan fingerprint density at radius 3 is 2.72 bits per heavy atom. The van der Waals surface area contributed by atoms with Gasteiger partial charge in [-0.1, -0.05) is 30.3 Å². The van der Waals surface area contributed by atoms with E-state index in [2.05, 4.69) is 4.98 Å². The molecule has 1 aromatic carbocycles. The maximum atomic E-state index is 11.7. The number of carbonyl (C=O) groups is 1. The zero-order valence-electron chi connectivity index (χ0n) is 9.93. The molecule has 4 nitrogen and oxygen atoms in total. The lowest BCUT2D eigenvalue weighted by Crippen LogP contribution is -2.06. The molecule has 1 heterocycles. The minimum atomic E-state index is -0.503. The quantitative estimate of drug-likeness (QED) is 0.839.